The maximum absolute atomic E-state index is 10.7. The molecule has 2 heteroatoms. The monoisotopic (exact) mass is 290 g/mol. The van der Waals surface area contributed by atoms with Crippen molar-refractivity contribution < 1.29 is 9.90 Å². The molecule has 0 spiro atoms. The van der Waals surface area contributed by atoms with Gasteiger partial charge in [-0.15, -0.1) is 0 Å². The SMILES string of the molecule is O=C(O)CCCc1cc2c3c(c1)CC=C1C=CC=C(C=C2)C13. The van der Waals surface area contributed by atoms with Crippen LogP contribution in [0.2, 0.25) is 0 Å². The van der Waals surface area contributed by atoms with E-state index in [0.717, 1.165) is 12.8 Å². The van der Waals surface area contributed by atoms with Gasteiger partial charge in [-0.1, -0.05) is 48.6 Å². The second-order valence-electron chi connectivity index (χ2n) is 6.21. The number of carboxylic acids is 1. The third-order valence-corrected chi connectivity index (χ3v) is 4.76. The summed E-state index contributed by atoms with van der Waals surface area (Å²) in [4.78, 5) is 10.7. The van der Waals surface area contributed by atoms with E-state index in [0.29, 0.717) is 12.3 Å². The van der Waals surface area contributed by atoms with Crippen LogP contribution in [0.15, 0.2) is 53.7 Å². The molecule has 1 atom stereocenters. The lowest BCUT2D eigenvalue weighted by Crippen LogP contribution is -2.17. The molecule has 0 bridgehead atoms. The molecule has 1 aromatic carbocycles. The first-order chi connectivity index (χ1) is 10.7. The van der Waals surface area contributed by atoms with Crippen LogP contribution in [0.4, 0.5) is 0 Å². The average Bonchev–Trinajstić information content (AvgIpc) is 2.52. The maximum Gasteiger partial charge on any atom is 0.303 e. The molecule has 2 nitrogen and oxygen atoms in total. The molecule has 0 aliphatic heterocycles. The van der Waals surface area contributed by atoms with Crippen LogP contribution in [0.5, 0.6) is 0 Å². The Morgan fingerprint density at radius 1 is 1.18 bits per heavy atom. The molecule has 1 aromatic rings. The number of hydrogen-bond acceptors (Lipinski definition) is 1. The van der Waals surface area contributed by atoms with E-state index in [1.165, 1.54) is 33.4 Å². The summed E-state index contributed by atoms with van der Waals surface area (Å²) in [5.74, 6) is -0.308. The van der Waals surface area contributed by atoms with Crippen LogP contribution in [-0.2, 0) is 17.6 Å². The summed E-state index contributed by atoms with van der Waals surface area (Å²) in [6, 6.07) is 4.53. The molecule has 1 unspecified atom stereocenters. The summed E-state index contributed by atoms with van der Waals surface area (Å²) in [7, 11) is 0. The van der Waals surface area contributed by atoms with Gasteiger partial charge in [0, 0.05) is 12.3 Å². The quantitative estimate of drug-likeness (QED) is 0.903. The van der Waals surface area contributed by atoms with E-state index < -0.39 is 5.97 Å². The molecule has 3 aliphatic rings. The Balaban J connectivity index is 1.70. The first-order valence-corrected chi connectivity index (χ1v) is 7.86. The van der Waals surface area contributed by atoms with Crippen molar-refractivity contribution >= 4 is 12.0 Å². The minimum atomic E-state index is -0.712. The molecule has 0 aromatic heterocycles. The summed E-state index contributed by atoms with van der Waals surface area (Å²) < 4.78 is 0. The molecule has 0 radical (unpaired) electrons. The topological polar surface area (TPSA) is 37.3 Å². The molecule has 4 rings (SSSR count). The number of aliphatic carboxylic acids is 1. The zero-order chi connectivity index (χ0) is 15.1. The molecule has 110 valence electrons. The fraction of sp³-hybridized carbons (Fsp3) is 0.250. The number of carbonyl (C=O) groups is 1. The van der Waals surface area contributed by atoms with E-state index in [-0.39, 0.29) is 6.42 Å². The predicted molar refractivity (Wildman–Crippen MR) is 87.8 cm³/mol. The number of hydrogen-bond donors (Lipinski definition) is 1. The highest BCUT2D eigenvalue weighted by Crippen LogP contribution is 2.46. The standard InChI is InChI=1S/C20H18O2/c21-18(22)6-1-3-13-11-16-9-7-14-4-2-5-15-8-10-17(12-13)20(16)19(14)15/h2,4-5,7-9,11-12,19H,1,3,6,10H2,(H,21,22). The Bertz CT molecular complexity index is 775. The maximum atomic E-state index is 10.7. The minimum absolute atomic E-state index is 0.243. The molecular weight excluding hydrogens is 272 g/mol. The van der Waals surface area contributed by atoms with Gasteiger partial charge in [0.15, 0.2) is 0 Å². The van der Waals surface area contributed by atoms with Gasteiger partial charge < -0.3 is 5.11 Å². The highest BCUT2D eigenvalue weighted by Gasteiger charge is 2.30. The molecule has 22 heavy (non-hydrogen) atoms. The number of aryl methyl sites for hydroxylation is 1. The number of benzene rings is 1. The molecule has 0 amide bonds. The third-order valence-electron chi connectivity index (χ3n) is 4.76. The van der Waals surface area contributed by atoms with Crippen LogP contribution < -0.4 is 0 Å². The van der Waals surface area contributed by atoms with Crippen molar-refractivity contribution in [3.63, 3.8) is 0 Å². The summed E-state index contributed by atoms with van der Waals surface area (Å²) in [5, 5.41) is 8.79. The van der Waals surface area contributed by atoms with Crippen LogP contribution in [0.25, 0.3) is 6.08 Å². The van der Waals surface area contributed by atoms with Gasteiger partial charge in [-0.25, -0.2) is 0 Å². The van der Waals surface area contributed by atoms with E-state index in [2.05, 4.69) is 48.6 Å². The van der Waals surface area contributed by atoms with Gasteiger partial charge in [0.25, 0.3) is 0 Å². The first kappa shape index (κ1) is 13.3. The highest BCUT2D eigenvalue weighted by atomic mass is 16.4. The zero-order valence-electron chi connectivity index (χ0n) is 12.4. The van der Waals surface area contributed by atoms with E-state index in [1.807, 2.05) is 0 Å². The third kappa shape index (κ3) is 2.16. The summed E-state index contributed by atoms with van der Waals surface area (Å²) in [6.07, 6.45) is 16.1. The lowest BCUT2D eigenvalue weighted by atomic mass is 9.70. The number of rotatable bonds is 4. The van der Waals surface area contributed by atoms with Gasteiger partial charge in [-0.3, -0.25) is 4.79 Å². The van der Waals surface area contributed by atoms with Gasteiger partial charge in [0.05, 0.1) is 0 Å². The van der Waals surface area contributed by atoms with Crippen molar-refractivity contribution in [1.82, 2.24) is 0 Å². The van der Waals surface area contributed by atoms with Crippen LogP contribution in [0, 0.1) is 0 Å². The lowest BCUT2D eigenvalue weighted by molar-refractivity contribution is -0.137. The number of carboxylic acid groups (broad SMARTS) is 1. The van der Waals surface area contributed by atoms with E-state index >= 15 is 0 Å². The van der Waals surface area contributed by atoms with Crippen molar-refractivity contribution in [2.45, 2.75) is 31.6 Å². The second kappa shape index (κ2) is 5.13. The van der Waals surface area contributed by atoms with E-state index in [9.17, 15) is 4.79 Å². The van der Waals surface area contributed by atoms with Crippen molar-refractivity contribution in [2.24, 2.45) is 0 Å². The molecule has 0 saturated carbocycles. The zero-order valence-corrected chi connectivity index (χ0v) is 12.4. The van der Waals surface area contributed by atoms with Crippen LogP contribution in [0.3, 0.4) is 0 Å². The lowest BCUT2D eigenvalue weighted by Gasteiger charge is -2.33. The van der Waals surface area contributed by atoms with Crippen LogP contribution in [-0.4, -0.2) is 11.1 Å². The van der Waals surface area contributed by atoms with Crippen LogP contribution in [0.1, 0.15) is 41.0 Å². The van der Waals surface area contributed by atoms with Crippen molar-refractivity contribution in [2.75, 3.05) is 0 Å². The normalized spacial score (nSPS) is 20.3. The van der Waals surface area contributed by atoms with E-state index in [4.69, 9.17) is 5.11 Å². The molecule has 1 N–H and O–H groups in total. The molecular formula is C20H18O2. The summed E-state index contributed by atoms with van der Waals surface area (Å²) in [5.41, 5.74) is 8.22. The van der Waals surface area contributed by atoms with Crippen LogP contribution >= 0.6 is 0 Å². The molecule has 3 aliphatic carbocycles. The van der Waals surface area contributed by atoms with E-state index in [1.54, 1.807) is 0 Å². The first-order valence-electron chi connectivity index (χ1n) is 7.86. The van der Waals surface area contributed by atoms with Crippen molar-refractivity contribution in [3.05, 3.63) is 75.9 Å². The largest absolute Gasteiger partial charge is 0.481 e. The Hall–Kier alpha value is -2.35. The second-order valence-corrected chi connectivity index (χ2v) is 6.21. The van der Waals surface area contributed by atoms with Gasteiger partial charge >= 0.3 is 5.97 Å². The average molecular weight is 290 g/mol. The fourth-order valence-electron chi connectivity index (χ4n) is 3.79. The van der Waals surface area contributed by atoms with Gasteiger partial charge in [0.1, 0.15) is 0 Å². The predicted octanol–water partition coefficient (Wildman–Crippen LogP) is 4.18. The van der Waals surface area contributed by atoms with Crippen molar-refractivity contribution in [3.8, 4) is 0 Å². The Morgan fingerprint density at radius 2 is 2.09 bits per heavy atom. The van der Waals surface area contributed by atoms with Gasteiger partial charge in [0.2, 0.25) is 0 Å². The Labute approximate surface area is 130 Å². The minimum Gasteiger partial charge on any atom is -0.481 e. The number of allylic oxidation sites excluding steroid dienone is 7. The van der Waals surface area contributed by atoms with Gasteiger partial charge in [-0.05, 0) is 52.7 Å². The summed E-state index contributed by atoms with van der Waals surface area (Å²) >= 11 is 0. The Morgan fingerprint density at radius 3 is 2.95 bits per heavy atom. The highest BCUT2D eigenvalue weighted by molar-refractivity contribution is 5.72. The molecule has 0 fully saturated rings. The van der Waals surface area contributed by atoms with Gasteiger partial charge in [-0.2, -0.15) is 0 Å². The Kier molecular flexibility index (Phi) is 3.11. The summed E-state index contributed by atoms with van der Waals surface area (Å²) in [6.45, 7) is 0. The molecule has 0 heterocycles. The van der Waals surface area contributed by atoms with Crippen molar-refractivity contribution in [1.29, 1.82) is 0 Å². The smallest absolute Gasteiger partial charge is 0.303 e. The molecule has 0 saturated heterocycles. The fourth-order valence-corrected chi connectivity index (χ4v) is 3.79.